The summed E-state index contributed by atoms with van der Waals surface area (Å²) in [5.74, 6) is -0.100. The van der Waals surface area contributed by atoms with E-state index < -0.39 is 17.6 Å². The van der Waals surface area contributed by atoms with Crippen LogP contribution in [0.15, 0.2) is 24.4 Å². The van der Waals surface area contributed by atoms with Crippen LogP contribution in [0.3, 0.4) is 0 Å². The van der Waals surface area contributed by atoms with E-state index in [2.05, 4.69) is 0 Å². The number of carbonyl (C=O) groups excluding carboxylic acids is 1. The highest BCUT2D eigenvalue weighted by molar-refractivity contribution is 5.89. The number of hydrogen-bond acceptors (Lipinski definition) is 4. The van der Waals surface area contributed by atoms with Gasteiger partial charge in [-0.2, -0.15) is 4.57 Å². The molecule has 1 aliphatic heterocycles. The molecule has 26 heavy (non-hydrogen) atoms. The number of aryl methyl sites for hydroxylation is 1. The van der Waals surface area contributed by atoms with Crippen LogP contribution in [0.2, 0.25) is 0 Å². The van der Waals surface area contributed by atoms with Crippen molar-refractivity contribution < 1.29 is 24.3 Å². The molecule has 0 amide bonds. The number of aromatic nitrogens is 1. The number of aliphatic hydroxyl groups is 1. The van der Waals surface area contributed by atoms with Gasteiger partial charge in [-0.05, 0) is 30.7 Å². The molecule has 2 heterocycles. The van der Waals surface area contributed by atoms with Crippen LogP contribution in [0.5, 0.6) is 5.75 Å². The van der Waals surface area contributed by atoms with E-state index in [0.29, 0.717) is 12.8 Å². The predicted molar refractivity (Wildman–Crippen MR) is 96.8 cm³/mol. The summed E-state index contributed by atoms with van der Waals surface area (Å²) in [5, 5.41) is 23.9. The standard InChI is InChI=1S/C21H27NO4/c1-12(2)8-17(20(23)24)22-11-16-14(9-13(22)3)6-7-15-10-18(21(4,5)25)26-19(15)16/h6-7,9,11-12,17-18,25H,8,10H2,1-5H3/t17-,18?/m0/s1. The van der Waals surface area contributed by atoms with Crippen molar-refractivity contribution in [3.8, 4) is 5.75 Å². The molecule has 0 radical (unpaired) electrons. The van der Waals surface area contributed by atoms with E-state index in [4.69, 9.17) is 4.74 Å². The van der Waals surface area contributed by atoms with Gasteiger partial charge >= 0.3 is 0 Å². The van der Waals surface area contributed by atoms with E-state index in [9.17, 15) is 15.0 Å². The molecule has 3 rings (SSSR count). The van der Waals surface area contributed by atoms with Crippen molar-refractivity contribution in [2.75, 3.05) is 0 Å². The number of ether oxygens (including phenoxy) is 1. The Hall–Kier alpha value is -2.14. The van der Waals surface area contributed by atoms with Crippen molar-refractivity contribution in [1.29, 1.82) is 0 Å². The highest BCUT2D eigenvalue weighted by Gasteiger charge is 2.36. The summed E-state index contributed by atoms with van der Waals surface area (Å²) in [6.45, 7) is 9.39. The van der Waals surface area contributed by atoms with Gasteiger partial charge in [0, 0.05) is 25.8 Å². The molecule has 1 unspecified atom stereocenters. The molecule has 0 saturated carbocycles. The number of fused-ring (bicyclic) bond motifs is 3. The minimum Gasteiger partial charge on any atom is -0.543 e. The summed E-state index contributed by atoms with van der Waals surface area (Å²) < 4.78 is 7.85. The molecular weight excluding hydrogens is 330 g/mol. The van der Waals surface area contributed by atoms with Crippen LogP contribution in [0, 0.1) is 12.8 Å². The molecule has 1 aliphatic rings. The number of carbonyl (C=O) groups is 1. The topological polar surface area (TPSA) is 73.5 Å². The van der Waals surface area contributed by atoms with Crippen molar-refractivity contribution in [2.45, 2.75) is 65.2 Å². The van der Waals surface area contributed by atoms with Crippen molar-refractivity contribution in [3.05, 3.63) is 35.7 Å². The zero-order chi connectivity index (χ0) is 19.2. The number of hydrogen-bond donors (Lipinski definition) is 1. The molecule has 1 aromatic carbocycles. The van der Waals surface area contributed by atoms with E-state index in [1.165, 1.54) is 0 Å². The fraction of sp³-hybridized carbons (Fsp3) is 0.524. The first-order valence-electron chi connectivity index (χ1n) is 9.15. The van der Waals surface area contributed by atoms with Crippen molar-refractivity contribution >= 4 is 16.7 Å². The molecule has 0 aliphatic carbocycles. The van der Waals surface area contributed by atoms with E-state index >= 15 is 0 Å². The number of rotatable bonds is 5. The first kappa shape index (κ1) is 18.6. The van der Waals surface area contributed by atoms with Gasteiger partial charge in [0.2, 0.25) is 0 Å². The smallest absolute Gasteiger partial charge is 0.198 e. The summed E-state index contributed by atoms with van der Waals surface area (Å²) in [6.07, 6.45) is 2.68. The molecular formula is C21H27NO4. The molecule has 5 nitrogen and oxygen atoms in total. The summed E-state index contributed by atoms with van der Waals surface area (Å²) in [5.41, 5.74) is 0.954. The lowest BCUT2D eigenvalue weighted by Gasteiger charge is -2.24. The second-order valence-electron chi connectivity index (χ2n) is 8.31. The number of carboxylic acids is 1. The van der Waals surface area contributed by atoms with Gasteiger partial charge in [0.1, 0.15) is 17.8 Å². The fourth-order valence-corrected chi connectivity index (χ4v) is 3.64. The molecule has 2 aromatic rings. The zero-order valence-corrected chi connectivity index (χ0v) is 16.1. The first-order valence-corrected chi connectivity index (χ1v) is 9.15. The Bertz CT molecular complexity index is 851. The number of pyridine rings is 1. The van der Waals surface area contributed by atoms with Crippen LogP contribution in [-0.2, 0) is 11.2 Å². The Balaban J connectivity index is 2.12. The van der Waals surface area contributed by atoms with Crippen molar-refractivity contribution in [2.24, 2.45) is 5.92 Å². The monoisotopic (exact) mass is 357 g/mol. The Morgan fingerprint density at radius 2 is 2.12 bits per heavy atom. The van der Waals surface area contributed by atoms with E-state index in [-0.39, 0.29) is 12.0 Å². The minimum absolute atomic E-state index is 0.234. The van der Waals surface area contributed by atoms with Crippen molar-refractivity contribution in [1.82, 2.24) is 0 Å². The molecule has 2 atom stereocenters. The fourth-order valence-electron chi connectivity index (χ4n) is 3.64. The third kappa shape index (κ3) is 3.40. The van der Waals surface area contributed by atoms with Gasteiger partial charge < -0.3 is 19.7 Å². The third-order valence-electron chi connectivity index (χ3n) is 5.11. The second kappa shape index (κ2) is 6.54. The number of nitrogens with zero attached hydrogens (tertiary/aromatic N) is 1. The van der Waals surface area contributed by atoms with Crippen LogP contribution in [0.1, 0.15) is 51.4 Å². The molecule has 0 spiro atoms. The summed E-state index contributed by atoms with van der Waals surface area (Å²) in [4.78, 5) is 11.7. The zero-order valence-electron chi connectivity index (χ0n) is 16.1. The Morgan fingerprint density at radius 1 is 1.42 bits per heavy atom. The van der Waals surface area contributed by atoms with Gasteiger partial charge in [-0.3, -0.25) is 0 Å². The maximum Gasteiger partial charge on any atom is 0.198 e. The van der Waals surface area contributed by atoms with Gasteiger partial charge in [-0.1, -0.05) is 26.0 Å². The third-order valence-corrected chi connectivity index (χ3v) is 5.11. The van der Waals surface area contributed by atoms with Crippen LogP contribution in [0.4, 0.5) is 0 Å². The lowest BCUT2D eigenvalue weighted by atomic mass is 9.96. The van der Waals surface area contributed by atoms with E-state index in [1.807, 2.05) is 45.2 Å². The van der Waals surface area contributed by atoms with Crippen LogP contribution in [0.25, 0.3) is 10.8 Å². The predicted octanol–water partition coefficient (Wildman–Crippen LogP) is 1.85. The van der Waals surface area contributed by atoms with Crippen molar-refractivity contribution in [3.63, 3.8) is 0 Å². The second-order valence-corrected chi connectivity index (χ2v) is 8.31. The van der Waals surface area contributed by atoms with Gasteiger partial charge in [0.05, 0.1) is 11.0 Å². The molecule has 0 bridgehead atoms. The largest absolute Gasteiger partial charge is 0.543 e. The van der Waals surface area contributed by atoms with Crippen LogP contribution < -0.4 is 14.4 Å². The summed E-state index contributed by atoms with van der Waals surface area (Å²) in [6, 6.07) is 5.31. The Kier molecular flexibility index (Phi) is 4.69. The highest BCUT2D eigenvalue weighted by Crippen LogP contribution is 2.38. The van der Waals surface area contributed by atoms with Gasteiger partial charge in [0.15, 0.2) is 17.9 Å². The molecule has 0 saturated heterocycles. The summed E-state index contributed by atoms with van der Waals surface area (Å²) >= 11 is 0. The van der Waals surface area contributed by atoms with Crippen LogP contribution in [-0.4, -0.2) is 22.8 Å². The molecule has 1 aromatic heterocycles. The molecule has 140 valence electrons. The lowest BCUT2D eigenvalue weighted by molar-refractivity contribution is -0.721. The quantitative estimate of drug-likeness (QED) is 0.829. The first-order chi connectivity index (χ1) is 12.1. The normalized spacial score (nSPS) is 18.0. The van der Waals surface area contributed by atoms with E-state index in [0.717, 1.165) is 27.8 Å². The highest BCUT2D eigenvalue weighted by atomic mass is 16.5. The minimum atomic E-state index is -1.07. The van der Waals surface area contributed by atoms with Crippen LogP contribution >= 0.6 is 0 Å². The number of aliphatic carboxylic acids is 1. The molecule has 5 heteroatoms. The molecule has 1 N–H and O–H groups in total. The average Bonchev–Trinajstić information content (AvgIpc) is 2.96. The Labute approximate surface area is 154 Å². The molecule has 0 fully saturated rings. The maximum atomic E-state index is 11.7. The average molecular weight is 357 g/mol. The van der Waals surface area contributed by atoms with E-state index in [1.54, 1.807) is 18.4 Å². The number of carboxylic acid groups (broad SMARTS) is 1. The van der Waals surface area contributed by atoms with Gasteiger partial charge in [-0.15, -0.1) is 0 Å². The Morgan fingerprint density at radius 3 is 2.69 bits per heavy atom. The van der Waals surface area contributed by atoms with Gasteiger partial charge in [-0.25, -0.2) is 0 Å². The number of benzene rings is 1. The maximum absolute atomic E-state index is 11.7. The SMILES string of the molecule is Cc1cc2ccc3c(c2c[n+]1[C@@H](CC(C)C)C(=O)[O-])OC(C(C)(C)O)C3. The summed E-state index contributed by atoms with van der Waals surface area (Å²) in [7, 11) is 0. The van der Waals surface area contributed by atoms with Gasteiger partial charge in [0.25, 0.3) is 0 Å². The lowest BCUT2D eigenvalue weighted by Crippen LogP contribution is -2.51.